The summed E-state index contributed by atoms with van der Waals surface area (Å²) in [5, 5.41) is 0. The van der Waals surface area contributed by atoms with E-state index in [0.717, 1.165) is 12.8 Å². The van der Waals surface area contributed by atoms with Crippen LogP contribution in [0.25, 0.3) is 0 Å². The summed E-state index contributed by atoms with van der Waals surface area (Å²) in [6, 6.07) is 0. The van der Waals surface area contributed by atoms with Crippen molar-refractivity contribution in [3.05, 3.63) is 12.2 Å². The predicted octanol–water partition coefficient (Wildman–Crippen LogP) is 2.76. The maximum Gasteiger partial charge on any atom is 0.507 e. The fraction of sp³-hybridized carbons (Fsp3) is 0.818. The van der Waals surface area contributed by atoms with Crippen LogP contribution in [0.2, 0.25) is 5.54 Å². The average Bonchev–Trinajstić information content (AvgIpc) is 2.23. The molecule has 0 spiro atoms. The Morgan fingerprint density at radius 2 is 1.67 bits per heavy atom. The lowest BCUT2D eigenvalue weighted by Gasteiger charge is -2.31. The summed E-state index contributed by atoms with van der Waals surface area (Å²) in [5.41, 5.74) is 0.317. The van der Waals surface area contributed by atoms with Gasteiger partial charge in [0, 0.05) is 26.9 Å². The van der Waals surface area contributed by atoms with E-state index in [1.807, 2.05) is 0 Å². The molecule has 1 rings (SSSR count). The molecule has 0 amide bonds. The van der Waals surface area contributed by atoms with Gasteiger partial charge in [0.25, 0.3) is 0 Å². The third kappa shape index (κ3) is 3.14. The van der Waals surface area contributed by atoms with Gasteiger partial charge in [-0.25, -0.2) is 0 Å². The Bertz CT molecular complexity index is 194. The smallest absolute Gasteiger partial charge is 0.376 e. The largest absolute Gasteiger partial charge is 0.507 e. The van der Waals surface area contributed by atoms with E-state index in [1.54, 1.807) is 21.3 Å². The van der Waals surface area contributed by atoms with Crippen LogP contribution < -0.4 is 0 Å². The van der Waals surface area contributed by atoms with E-state index in [1.165, 1.54) is 19.3 Å². The molecule has 1 aliphatic rings. The first-order chi connectivity index (χ1) is 7.29. The van der Waals surface area contributed by atoms with Crippen molar-refractivity contribution in [3.63, 3.8) is 0 Å². The van der Waals surface area contributed by atoms with Crippen molar-refractivity contribution in [2.24, 2.45) is 0 Å². The quantitative estimate of drug-likeness (QED) is 0.549. The molecule has 1 atom stereocenters. The van der Waals surface area contributed by atoms with Crippen molar-refractivity contribution in [1.29, 1.82) is 0 Å². The minimum absolute atomic E-state index is 0.317. The minimum atomic E-state index is -2.46. The highest BCUT2D eigenvalue weighted by molar-refractivity contribution is 6.62. The molecular formula is C11H22O3Si. The molecule has 0 saturated carbocycles. The van der Waals surface area contributed by atoms with Crippen molar-refractivity contribution in [2.75, 3.05) is 21.3 Å². The van der Waals surface area contributed by atoms with Crippen LogP contribution in [0.4, 0.5) is 0 Å². The van der Waals surface area contributed by atoms with E-state index in [0.29, 0.717) is 5.54 Å². The molecule has 0 aromatic carbocycles. The number of rotatable bonds is 4. The Kier molecular flexibility index (Phi) is 5.53. The van der Waals surface area contributed by atoms with Gasteiger partial charge in [0.2, 0.25) is 0 Å². The first kappa shape index (κ1) is 12.9. The van der Waals surface area contributed by atoms with Gasteiger partial charge >= 0.3 is 8.80 Å². The van der Waals surface area contributed by atoms with Gasteiger partial charge in [0.1, 0.15) is 0 Å². The monoisotopic (exact) mass is 230 g/mol. The van der Waals surface area contributed by atoms with Crippen LogP contribution in [0, 0.1) is 0 Å². The van der Waals surface area contributed by atoms with Gasteiger partial charge in [0.05, 0.1) is 0 Å². The summed E-state index contributed by atoms with van der Waals surface area (Å²) in [5.74, 6) is 0. The minimum Gasteiger partial charge on any atom is -0.376 e. The molecule has 0 N–H and O–H groups in total. The summed E-state index contributed by atoms with van der Waals surface area (Å²) in [4.78, 5) is 0. The van der Waals surface area contributed by atoms with E-state index in [9.17, 15) is 0 Å². The van der Waals surface area contributed by atoms with Gasteiger partial charge in [-0.2, -0.15) is 0 Å². The topological polar surface area (TPSA) is 27.7 Å². The molecule has 0 aliphatic heterocycles. The van der Waals surface area contributed by atoms with Crippen molar-refractivity contribution >= 4 is 8.80 Å². The van der Waals surface area contributed by atoms with Gasteiger partial charge in [0.15, 0.2) is 0 Å². The van der Waals surface area contributed by atoms with Gasteiger partial charge in [-0.3, -0.25) is 0 Å². The normalized spacial score (nSPS) is 25.7. The fourth-order valence-electron chi connectivity index (χ4n) is 2.16. The number of hydrogen-bond donors (Lipinski definition) is 0. The SMILES string of the molecule is CO[Si](OC)(OC)C1/C=C\CCCCC1. The van der Waals surface area contributed by atoms with Crippen LogP contribution in [-0.4, -0.2) is 30.1 Å². The van der Waals surface area contributed by atoms with Crippen molar-refractivity contribution in [2.45, 2.75) is 37.6 Å². The molecule has 0 aromatic heterocycles. The van der Waals surface area contributed by atoms with Crippen molar-refractivity contribution < 1.29 is 13.3 Å². The van der Waals surface area contributed by atoms with Crippen LogP contribution in [0.1, 0.15) is 32.1 Å². The first-order valence-electron chi connectivity index (χ1n) is 5.61. The van der Waals surface area contributed by atoms with Gasteiger partial charge in [-0.15, -0.1) is 0 Å². The third-order valence-electron chi connectivity index (χ3n) is 3.06. The second kappa shape index (κ2) is 6.43. The summed E-state index contributed by atoms with van der Waals surface area (Å²) < 4.78 is 16.5. The summed E-state index contributed by atoms with van der Waals surface area (Å²) >= 11 is 0. The molecule has 4 heteroatoms. The summed E-state index contributed by atoms with van der Waals surface area (Å²) in [6.07, 6.45) is 10.6. The number of allylic oxidation sites excluding steroid dienone is 2. The highest BCUT2D eigenvalue weighted by Crippen LogP contribution is 2.32. The van der Waals surface area contributed by atoms with E-state index in [-0.39, 0.29) is 0 Å². The first-order valence-corrected chi connectivity index (χ1v) is 7.41. The van der Waals surface area contributed by atoms with Crippen LogP contribution in [0.15, 0.2) is 12.2 Å². The molecule has 0 heterocycles. The lowest BCUT2D eigenvalue weighted by molar-refractivity contribution is 0.114. The fourth-order valence-corrected chi connectivity index (χ4v) is 4.50. The molecule has 0 saturated heterocycles. The van der Waals surface area contributed by atoms with E-state index in [2.05, 4.69) is 12.2 Å². The molecule has 0 fully saturated rings. The maximum atomic E-state index is 5.52. The van der Waals surface area contributed by atoms with Crippen LogP contribution in [0.5, 0.6) is 0 Å². The second-order valence-corrected chi connectivity index (χ2v) is 7.06. The molecule has 1 unspecified atom stereocenters. The van der Waals surface area contributed by atoms with Crippen molar-refractivity contribution in [1.82, 2.24) is 0 Å². The van der Waals surface area contributed by atoms with E-state index >= 15 is 0 Å². The molecule has 0 bridgehead atoms. The molecule has 3 nitrogen and oxygen atoms in total. The molecule has 0 radical (unpaired) electrons. The van der Waals surface area contributed by atoms with Crippen LogP contribution in [-0.2, 0) is 13.3 Å². The summed E-state index contributed by atoms with van der Waals surface area (Å²) in [6.45, 7) is 0. The third-order valence-corrected chi connectivity index (χ3v) is 6.16. The van der Waals surface area contributed by atoms with Gasteiger partial charge < -0.3 is 13.3 Å². The Morgan fingerprint density at radius 3 is 2.27 bits per heavy atom. The lowest BCUT2D eigenvalue weighted by Crippen LogP contribution is -2.47. The highest BCUT2D eigenvalue weighted by atomic mass is 28.4. The lowest BCUT2D eigenvalue weighted by atomic mass is 10.1. The molecular weight excluding hydrogens is 208 g/mol. The van der Waals surface area contributed by atoms with Crippen LogP contribution >= 0.6 is 0 Å². The molecule has 1 aliphatic carbocycles. The van der Waals surface area contributed by atoms with E-state index in [4.69, 9.17) is 13.3 Å². The standard InChI is InChI=1S/C11H22O3Si/c1-12-15(13-2,14-3)11-9-7-5-4-6-8-10-11/h7,9,11H,4-6,8,10H2,1-3H3/b9-7-. The zero-order valence-corrected chi connectivity index (χ0v) is 11.0. The molecule has 88 valence electrons. The maximum absolute atomic E-state index is 5.52. The average molecular weight is 230 g/mol. The highest BCUT2D eigenvalue weighted by Gasteiger charge is 2.45. The Morgan fingerprint density at radius 1 is 1.00 bits per heavy atom. The van der Waals surface area contributed by atoms with Crippen LogP contribution in [0.3, 0.4) is 0 Å². The predicted molar refractivity (Wildman–Crippen MR) is 62.8 cm³/mol. The summed E-state index contributed by atoms with van der Waals surface area (Å²) in [7, 11) is 2.60. The molecule has 0 aromatic rings. The van der Waals surface area contributed by atoms with Gasteiger partial charge in [-0.05, 0) is 19.3 Å². The zero-order valence-electron chi connectivity index (χ0n) is 9.99. The Balaban J connectivity index is 2.75. The Hall–Kier alpha value is -0.163. The molecule has 15 heavy (non-hydrogen) atoms. The van der Waals surface area contributed by atoms with Crippen molar-refractivity contribution in [3.8, 4) is 0 Å². The Labute approximate surface area is 93.8 Å². The zero-order chi connectivity index (χ0) is 11.1. The number of hydrogen-bond acceptors (Lipinski definition) is 3. The van der Waals surface area contributed by atoms with Gasteiger partial charge in [-0.1, -0.05) is 25.0 Å². The second-order valence-electron chi connectivity index (χ2n) is 3.89. The van der Waals surface area contributed by atoms with E-state index < -0.39 is 8.80 Å².